The lowest BCUT2D eigenvalue weighted by Gasteiger charge is -2.09. The van der Waals surface area contributed by atoms with Crippen LogP contribution in [0.5, 0.6) is 5.75 Å². The molecule has 0 saturated heterocycles. The maximum absolute atomic E-state index is 12.9. The van der Waals surface area contributed by atoms with E-state index >= 15 is 0 Å². The summed E-state index contributed by atoms with van der Waals surface area (Å²) in [5.41, 5.74) is 3.90. The number of aromatic nitrogens is 4. The largest absolute Gasteiger partial charge is 0.505 e. The van der Waals surface area contributed by atoms with Crippen LogP contribution in [0.2, 0.25) is 0 Å². The highest BCUT2D eigenvalue weighted by Crippen LogP contribution is 2.39. The van der Waals surface area contributed by atoms with Gasteiger partial charge in [0.1, 0.15) is 27.6 Å². The Balaban J connectivity index is 1.70. The first kappa shape index (κ1) is 15.0. The number of nitrogens with one attached hydrogen (secondary N) is 2. The highest BCUT2D eigenvalue weighted by Gasteiger charge is 2.24. The summed E-state index contributed by atoms with van der Waals surface area (Å²) in [6.07, 6.45) is 5.95. The van der Waals surface area contributed by atoms with Crippen molar-refractivity contribution in [3.63, 3.8) is 0 Å². The van der Waals surface area contributed by atoms with Gasteiger partial charge in [0.15, 0.2) is 0 Å². The average Bonchev–Trinajstić information content (AvgIpc) is 3.33. The summed E-state index contributed by atoms with van der Waals surface area (Å²) < 4.78 is 1.90. The fourth-order valence-electron chi connectivity index (χ4n) is 4.21. The standard InChI is InChI=1S/C20H16N4O2S/c25-13-9-24-18(16(13)17-21-11-6-2-3-7-12(11)22-17)23-19(26)15-10-5-1-4-8-14(10)27-20(15)24/h2-3,6-7,9,25H,1,4-5,8H2,(H,21,22)(H,23,26). The normalized spacial score (nSPS) is 14.4. The molecule has 27 heavy (non-hydrogen) atoms. The lowest BCUT2D eigenvalue weighted by atomic mass is 9.97. The molecule has 5 aromatic rings. The van der Waals surface area contributed by atoms with Crippen LogP contribution in [0.1, 0.15) is 23.3 Å². The maximum Gasteiger partial charge on any atom is 0.260 e. The third-order valence-corrected chi connectivity index (χ3v) is 6.73. The van der Waals surface area contributed by atoms with Crippen LogP contribution < -0.4 is 5.56 Å². The van der Waals surface area contributed by atoms with Gasteiger partial charge in [0.25, 0.3) is 5.56 Å². The summed E-state index contributed by atoms with van der Waals surface area (Å²) in [6, 6.07) is 7.71. The maximum atomic E-state index is 12.9. The Morgan fingerprint density at radius 2 is 2.00 bits per heavy atom. The molecule has 1 aliphatic rings. The topological polar surface area (TPSA) is 86.2 Å². The molecule has 1 aromatic carbocycles. The number of hydrogen-bond acceptors (Lipinski definition) is 4. The number of aromatic amines is 2. The van der Waals surface area contributed by atoms with E-state index in [0.717, 1.165) is 40.5 Å². The van der Waals surface area contributed by atoms with Gasteiger partial charge in [-0.15, -0.1) is 11.3 Å². The zero-order valence-corrected chi connectivity index (χ0v) is 15.2. The molecule has 0 amide bonds. The molecule has 1 aliphatic carbocycles. The summed E-state index contributed by atoms with van der Waals surface area (Å²) in [6.45, 7) is 0. The van der Waals surface area contributed by atoms with Crippen molar-refractivity contribution in [2.45, 2.75) is 25.7 Å². The molecule has 134 valence electrons. The molecule has 0 spiro atoms. The van der Waals surface area contributed by atoms with E-state index in [2.05, 4.69) is 15.0 Å². The minimum Gasteiger partial charge on any atom is -0.505 e. The van der Waals surface area contributed by atoms with E-state index in [-0.39, 0.29) is 11.3 Å². The average molecular weight is 376 g/mol. The van der Waals surface area contributed by atoms with E-state index in [1.54, 1.807) is 17.5 Å². The second-order valence-electron chi connectivity index (χ2n) is 7.06. The van der Waals surface area contributed by atoms with Crippen LogP contribution >= 0.6 is 11.3 Å². The van der Waals surface area contributed by atoms with Gasteiger partial charge in [-0.2, -0.15) is 0 Å². The van der Waals surface area contributed by atoms with Crippen molar-refractivity contribution in [3.05, 3.63) is 51.3 Å². The van der Waals surface area contributed by atoms with E-state index in [1.807, 2.05) is 28.7 Å². The molecule has 4 aromatic heterocycles. The second kappa shape index (κ2) is 5.23. The predicted octanol–water partition coefficient (Wildman–Crippen LogP) is 3.97. The van der Waals surface area contributed by atoms with Crippen LogP contribution in [0.25, 0.3) is 38.3 Å². The van der Waals surface area contributed by atoms with Gasteiger partial charge in [0, 0.05) is 4.88 Å². The van der Waals surface area contributed by atoms with E-state index in [0.29, 0.717) is 17.0 Å². The smallest absolute Gasteiger partial charge is 0.260 e. The summed E-state index contributed by atoms with van der Waals surface area (Å²) in [7, 11) is 0. The van der Waals surface area contributed by atoms with Gasteiger partial charge >= 0.3 is 0 Å². The van der Waals surface area contributed by atoms with Crippen molar-refractivity contribution in [3.8, 4) is 17.1 Å². The number of rotatable bonds is 1. The van der Waals surface area contributed by atoms with Crippen molar-refractivity contribution in [2.75, 3.05) is 0 Å². The molecular weight excluding hydrogens is 360 g/mol. The summed E-state index contributed by atoms with van der Waals surface area (Å²) in [4.78, 5) is 25.9. The van der Waals surface area contributed by atoms with Gasteiger partial charge in [-0.25, -0.2) is 4.98 Å². The zero-order valence-electron chi connectivity index (χ0n) is 14.4. The molecule has 0 atom stereocenters. The van der Waals surface area contributed by atoms with Gasteiger partial charge in [0.2, 0.25) is 0 Å². The number of H-pyrrole nitrogens is 2. The minimum absolute atomic E-state index is 0.0904. The third kappa shape index (κ3) is 2.00. The summed E-state index contributed by atoms with van der Waals surface area (Å²) in [5, 5.41) is 11.4. The van der Waals surface area contributed by atoms with Crippen LogP contribution in [0.4, 0.5) is 0 Å². The molecule has 4 heterocycles. The number of hydrogen-bond donors (Lipinski definition) is 3. The fraction of sp³-hybridized carbons (Fsp3) is 0.200. The fourth-order valence-corrected chi connectivity index (χ4v) is 5.57. The Hall–Kier alpha value is -3.06. The van der Waals surface area contributed by atoms with Crippen LogP contribution in [0.15, 0.2) is 35.3 Å². The molecule has 3 N–H and O–H groups in total. The second-order valence-corrected chi connectivity index (χ2v) is 8.14. The quantitative estimate of drug-likeness (QED) is 0.414. The number of para-hydroxylation sites is 2. The van der Waals surface area contributed by atoms with Gasteiger partial charge in [0.05, 0.1) is 22.6 Å². The van der Waals surface area contributed by atoms with Crippen molar-refractivity contribution >= 4 is 38.2 Å². The summed E-state index contributed by atoms with van der Waals surface area (Å²) >= 11 is 1.67. The highest BCUT2D eigenvalue weighted by molar-refractivity contribution is 7.18. The first-order valence-electron chi connectivity index (χ1n) is 9.06. The lowest BCUT2D eigenvalue weighted by Crippen LogP contribution is -2.11. The highest BCUT2D eigenvalue weighted by atomic mass is 32.1. The SMILES string of the molecule is O=c1[nH]c2c(-c3nc4ccccc4[nH]3)c(O)cn2c2sc3c(c12)CCCC3. The molecule has 0 saturated carbocycles. The van der Waals surface area contributed by atoms with Gasteiger partial charge < -0.3 is 15.1 Å². The molecule has 0 unspecified atom stereocenters. The van der Waals surface area contributed by atoms with Crippen molar-refractivity contribution in [1.29, 1.82) is 0 Å². The number of aromatic hydroxyl groups is 1. The van der Waals surface area contributed by atoms with Gasteiger partial charge in [-0.3, -0.25) is 9.20 Å². The Morgan fingerprint density at radius 1 is 1.15 bits per heavy atom. The molecule has 7 heteroatoms. The first-order valence-corrected chi connectivity index (χ1v) is 9.88. The molecule has 0 bridgehead atoms. The summed E-state index contributed by atoms with van der Waals surface area (Å²) in [5.74, 6) is 0.649. The first-order chi connectivity index (χ1) is 13.2. The Kier molecular flexibility index (Phi) is 2.91. The number of fused-ring (bicyclic) bond motifs is 6. The van der Waals surface area contributed by atoms with E-state index in [9.17, 15) is 9.90 Å². The molecule has 0 radical (unpaired) electrons. The number of benzene rings is 1. The lowest BCUT2D eigenvalue weighted by molar-refractivity contribution is 0.477. The molecular formula is C20H16N4O2S. The van der Waals surface area contributed by atoms with Crippen LogP contribution in [0.3, 0.4) is 0 Å². The zero-order chi connectivity index (χ0) is 18.1. The monoisotopic (exact) mass is 376 g/mol. The minimum atomic E-state index is -0.0904. The number of thiophene rings is 1. The van der Waals surface area contributed by atoms with Crippen LogP contribution in [-0.2, 0) is 12.8 Å². The Bertz CT molecular complexity index is 1390. The number of aryl methyl sites for hydroxylation is 2. The molecule has 0 fully saturated rings. The molecule has 0 aliphatic heterocycles. The predicted molar refractivity (Wildman–Crippen MR) is 107 cm³/mol. The van der Waals surface area contributed by atoms with Crippen molar-refractivity contribution in [1.82, 2.24) is 19.4 Å². The van der Waals surface area contributed by atoms with Crippen LogP contribution in [-0.4, -0.2) is 24.5 Å². The number of imidazole rings is 1. The van der Waals surface area contributed by atoms with Crippen molar-refractivity contribution in [2.24, 2.45) is 0 Å². The van der Waals surface area contributed by atoms with Gasteiger partial charge in [-0.1, -0.05) is 12.1 Å². The Labute approximate surface area is 157 Å². The Morgan fingerprint density at radius 3 is 2.89 bits per heavy atom. The van der Waals surface area contributed by atoms with E-state index in [1.165, 1.54) is 16.9 Å². The van der Waals surface area contributed by atoms with Crippen LogP contribution in [0, 0.1) is 0 Å². The van der Waals surface area contributed by atoms with Crippen molar-refractivity contribution < 1.29 is 5.11 Å². The van der Waals surface area contributed by atoms with Gasteiger partial charge in [-0.05, 0) is 43.4 Å². The molecule has 6 nitrogen and oxygen atoms in total. The number of nitrogens with zero attached hydrogens (tertiary/aromatic N) is 2. The third-order valence-electron chi connectivity index (χ3n) is 5.44. The molecule has 6 rings (SSSR count). The van der Waals surface area contributed by atoms with E-state index < -0.39 is 0 Å². The van der Waals surface area contributed by atoms with E-state index in [4.69, 9.17) is 0 Å².